The molecule has 0 radical (unpaired) electrons. The third kappa shape index (κ3) is 2.35. The number of aliphatic hydroxyl groups excluding tert-OH is 1. The number of nitrogens with one attached hydrogen (secondary N) is 1. The molecule has 0 spiro atoms. The van der Waals surface area contributed by atoms with Crippen LogP contribution in [0.15, 0.2) is 0 Å². The minimum Gasteiger partial charge on any atom is -0.395 e. The summed E-state index contributed by atoms with van der Waals surface area (Å²) in [6.45, 7) is 3.83. The normalized spacial score (nSPS) is 17.5. The van der Waals surface area contributed by atoms with Crippen molar-refractivity contribution in [2.45, 2.75) is 45.3 Å². The third-order valence-corrected chi connectivity index (χ3v) is 2.82. The average molecular weight is 210 g/mol. The van der Waals surface area contributed by atoms with Gasteiger partial charge in [0, 0.05) is 19.0 Å². The zero-order chi connectivity index (χ0) is 10.7. The maximum atomic E-state index is 8.90. The van der Waals surface area contributed by atoms with E-state index in [4.69, 9.17) is 5.11 Å². The van der Waals surface area contributed by atoms with Crippen molar-refractivity contribution in [1.29, 1.82) is 0 Å². The summed E-state index contributed by atoms with van der Waals surface area (Å²) in [6.07, 6.45) is 3.48. The zero-order valence-corrected chi connectivity index (χ0v) is 9.11. The van der Waals surface area contributed by atoms with Crippen LogP contribution in [0.3, 0.4) is 0 Å². The SMILES string of the molecule is CC(CO)NCc1nnc2n1CCCC2. The summed E-state index contributed by atoms with van der Waals surface area (Å²) in [5.41, 5.74) is 0. The lowest BCUT2D eigenvalue weighted by molar-refractivity contribution is 0.249. The van der Waals surface area contributed by atoms with Gasteiger partial charge in [-0.2, -0.15) is 0 Å². The Morgan fingerprint density at radius 3 is 3.13 bits per heavy atom. The predicted molar refractivity (Wildman–Crippen MR) is 56.3 cm³/mol. The van der Waals surface area contributed by atoms with Gasteiger partial charge < -0.3 is 15.0 Å². The quantitative estimate of drug-likeness (QED) is 0.739. The summed E-state index contributed by atoms with van der Waals surface area (Å²) in [4.78, 5) is 0. The number of hydrogen-bond acceptors (Lipinski definition) is 4. The predicted octanol–water partition coefficient (Wildman–Crippen LogP) is 0.0848. The van der Waals surface area contributed by atoms with E-state index in [-0.39, 0.29) is 12.6 Å². The van der Waals surface area contributed by atoms with E-state index in [1.165, 1.54) is 12.8 Å². The highest BCUT2D eigenvalue weighted by atomic mass is 16.3. The summed E-state index contributed by atoms with van der Waals surface area (Å²) < 4.78 is 2.20. The van der Waals surface area contributed by atoms with Crippen molar-refractivity contribution in [1.82, 2.24) is 20.1 Å². The maximum Gasteiger partial charge on any atom is 0.147 e. The first-order valence-electron chi connectivity index (χ1n) is 5.56. The molecule has 1 aliphatic rings. The average Bonchev–Trinajstić information content (AvgIpc) is 2.69. The molecule has 84 valence electrons. The Morgan fingerprint density at radius 2 is 2.33 bits per heavy atom. The van der Waals surface area contributed by atoms with E-state index in [0.717, 1.165) is 24.6 Å². The van der Waals surface area contributed by atoms with Crippen molar-refractivity contribution in [3.8, 4) is 0 Å². The van der Waals surface area contributed by atoms with E-state index in [1.54, 1.807) is 0 Å². The van der Waals surface area contributed by atoms with Crippen LogP contribution in [0.5, 0.6) is 0 Å². The molecule has 1 aromatic heterocycles. The molecule has 0 amide bonds. The van der Waals surface area contributed by atoms with Crippen LogP contribution in [0.4, 0.5) is 0 Å². The summed E-state index contributed by atoms with van der Waals surface area (Å²) in [5, 5.41) is 20.5. The second kappa shape index (κ2) is 4.72. The Labute approximate surface area is 89.5 Å². The highest BCUT2D eigenvalue weighted by Gasteiger charge is 2.15. The minimum absolute atomic E-state index is 0.113. The van der Waals surface area contributed by atoms with Gasteiger partial charge in [0.1, 0.15) is 11.6 Å². The van der Waals surface area contributed by atoms with Gasteiger partial charge in [-0.05, 0) is 19.8 Å². The Kier molecular flexibility index (Phi) is 3.33. The van der Waals surface area contributed by atoms with Crippen molar-refractivity contribution in [3.05, 3.63) is 11.6 Å². The molecule has 0 aliphatic carbocycles. The molecule has 0 bridgehead atoms. The van der Waals surface area contributed by atoms with Crippen LogP contribution in [0.1, 0.15) is 31.4 Å². The van der Waals surface area contributed by atoms with Crippen molar-refractivity contribution < 1.29 is 5.11 Å². The molecule has 2 N–H and O–H groups in total. The largest absolute Gasteiger partial charge is 0.395 e. The molecular weight excluding hydrogens is 192 g/mol. The number of aliphatic hydroxyl groups is 1. The number of aryl methyl sites for hydroxylation is 1. The number of nitrogens with zero attached hydrogens (tertiary/aromatic N) is 3. The molecule has 0 saturated carbocycles. The fourth-order valence-electron chi connectivity index (χ4n) is 1.83. The Hall–Kier alpha value is -0.940. The molecule has 0 aromatic carbocycles. The van der Waals surface area contributed by atoms with Crippen LogP contribution in [0.25, 0.3) is 0 Å². The zero-order valence-electron chi connectivity index (χ0n) is 9.11. The van der Waals surface area contributed by atoms with Crippen molar-refractivity contribution in [3.63, 3.8) is 0 Å². The standard InChI is InChI=1S/C10H18N4O/c1-8(7-15)11-6-10-13-12-9-4-2-3-5-14(9)10/h8,11,15H,2-7H2,1H3. The van der Waals surface area contributed by atoms with Gasteiger partial charge in [0.05, 0.1) is 13.2 Å². The van der Waals surface area contributed by atoms with Crippen LogP contribution < -0.4 is 5.32 Å². The highest BCUT2D eigenvalue weighted by molar-refractivity contribution is 4.98. The summed E-state index contributed by atoms with van der Waals surface area (Å²) >= 11 is 0. The second-order valence-corrected chi connectivity index (χ2v) is 4.11. The second-order valence-electron chi connectivity index (χ2n) is 4.11. The van der Waals surface area contributed by atoms with E-state index in [0.29, 0.717) is 6.54 Å². The van der Waals surface area contributed by atoms with E-state index < -0.39 is 0 Å². The molecule has 2 rings (SSSR count). The van der Waals surface area contributed by atoms with Gasteiger partial charge in [-0.25, -0.2) is 0 Å². The molecule has 1 aliphatic heterocycles. The maximum absolute atomic E-state index is 8.90. The van der Waals surface area contributed by atoms with Crippen LogP contribution in [-0.4, -0.2) is 32.5 Å². The third-order valence-electron chi connectivity index (χ3n) is 2.82. The van der Waals surface area contributed by atoms with Crippen LogP contribution >= 0.6 is 0 Å². The van der Waals surface area contributed by atoms with Crippen LogP contribution in [-0.2, 0) is 19.5 Å². The monoisotopic (exact) mass is 210 g/mol. The number of rotatable bonds is 4. The van der Waals surface area contributed by atoms with Gasteiger partial charge in [-0.15, -0.1) is 10.2 Å². The molecule has 1 atom stereocenters. The number of hydrogen-bond donors (Lipinski definition) is 2. The Morgan fingerprint density at radius 1 is 1.47 bits per heavy atom. The van der Waals surface area contributed by atoms with Gasteiger partial charge in [0.2, 0.25) is 0 Å². The molecule has 2 heterocycles. The number of aromatic nitrogens is 3. The first kappa shape index (κ1) is 10.6. The lowest BCUT2D eigenvalue weighted by Crippen LogP contribution is -2.30. The number of fused-ring (bicyclic) bond motifs is 1. The lowest BCUT2D eigenvalue weighted by Gasteiger charge is -2.16. The molecule has 0 fully saturated rings. The lowest BCUT2D eigenvalue weighted by atomic mass is 10.2. The smallest absolute Gasteiger partial charge is 0.147 e. The Balaban J connectivity index is 1.99. The summed E-state index contributed by atoms with van der Waals surface area (Å²) in [7, 11) is 0. The molecule has 0 saturated heterocycles. The fourth-order valence-corrected chi connectivity index (χ4v) is 1.83. The first-order chi connectivity index (χ1) is 7.31. The van der Waals surface area contributed by atoms with Gasteiger partial charge >= 0.3 is 0 Å². The molecule has 5 nitrogen and oxygen atoms in total. The summed E-state index contributed by atoms with van der Waals surface area (Å²) in [5.74, 6) is 2.10. The fraction of sp³-hybridized carbons (Fsp3) is 0.800. The van der Waals surface area contributed by atoms with Gasteiger partial charge in [-0.1, -0.05) is 0 Å². The summed E-state index contributed by atoms with van der Waals surface area (Å²) in [6, 6.07) is 0.113. The van der Waals surface area contributed by atoms with E-state index in [2.05, 4.69) is 20.1 Å². The van der Waals surface area contributed by atoms with Crippen LogP contribution in [0, 0.1) is 0 Å². The topological polar surface area (TPSA) is 63.0 Å². The van der Waals surface area contributed by atoms with Gasteiger partial charge in [0.25, 0.3) is 0 Å². The molecule has 1 unspecified atom stereocenters. The van der Waals surface area contributed by atoms with E-state index >= 15 is 0 Å². The molecule has 1 aromatic rings. The minimum atomic E-state index is 0.113. The highest BCUT2D eigenvalue weighted by Crippen LogP contribution is 2.13. The van der Waals surface area contributed by atoms with E-state index in [1.807, 2.05) is 6.92 Å². The Bertz CT molecular complexity index is 323. The van der Waals surface area contributed by atoms with Crippen molar-refractivity contribution in [2.75, 3.05) is 6.61 Å². The molecular formula is C10H18N4O. The molecule has 15 heavy (non-hydrogen) atoms. The van der Waals surface area contributed by atoms with Crippen molar-refractivity contribution in [2.24, 2.45) is 0 Å². The van der Waals surface area contributed by atoms with Crippen molar-refractivity contribution >= 4 is 0 Å². The van der Waals surface area contributed by atoms with Crippen LogP contribution in [0.2, 0.25) is 0 Å². The first-order valence-corrected chi connectivity index (χ1v) is 5.56. The van der Waals surface area contributed by atoms with E-state index in [9.17, 15) is 0 Å². The molecule has 5 heteroatoms. The van der Waals surface area contributed by atoms with Gasteiger partial charge in [-0.3, -0.25) is 0 Å². The van der Waals surface area contributed by atoms with Gasteiger partial charge in [0.15, 0.2) is 0 Å².